The molecule has 0 bridgehead atoms. The summed E-state index contributed by atoms with van der Waals surface area (Å²) >= 11 is 6.28. The van der Waals surface area contributed by atoms with E-state index in [0.29, 0.717) is 22.3 Å². The number of halogens is 1. The summed E-state index contributed by atoms with van der Waals surface area (Å²) in [7, 11) is 0. The molecule has 0 aliphatic heterocycles. The lowest BCUT2D eigenvalue weighted by atomic mass is 9.95. The quantitative estimate of drug-likeness (QED) is 0.302. The number of H-pyrrole nitrogens is 1. The number of nitrogens with zero attached hydrogens (tertiary/aromatic N) is 3. The van der Waals surface area contributed by atoms with E-state index in [-0.39, 0.29) is 16.9 Å². The molecule has 2 aromatic heterocycles. The number of benzene rings is 2. The average Bonchev–Trinajstić information content (AvgIpc) is 3.53. The second-order valence-corrected chi connectivity index (χ2v) is 9.07. The number of carboxylic acids is 1. The predicted molar refractivity (Wildman–Crippen MR) is 132 cm³/mol. The van der Waals surface area contributed by atoms with Crippen LogP contribution in [0.15, 0.2) is 73.2 Å². The molecule has 36 heavy (non-hydrogen) atoms. The molecule has 1 aliphatic carbocycles. The molecule has 5 rings (SSSR count). The van der Waals surface area contributed by atoms with Gasteiger partial charge in [-0.1, -0.05) is 35.7 Å². The summed E-state index contributed by atoms with van der Waals surface area (Å²) < 4.78 is 1.79. The Morgan fingerprint density at radius 2 is 1.92 bits per heavy atom. The van der Waals surface area contributed by atoms with Crippen molar-refractivity contribution in [1.29, 1.82) is 0 Å². The van der Waals surface area contributed by atoms with E-state index in [1.165, 1.54) is 12.1 Å². The Labute approximate surface area is 212 Å². The Morgan fingerprint density at radius 3 is 2.53 bits per heavy atom. The Morgan fingerprint density at radius 1 is 1.14 bits per heavy atom. The van der Waals surface area contributed by atoms with Crippen LogP contribution in [0.25, 0.3) is 16.8 Å². The van der Waals surface area contributed by atoms with Crippen LogP contribution < -0.4 is 10.00 Å². The summed E-state index contributed by atoms with van der Waals surface area (Å²) in [5.41, 5.74) is 4.04. The van der Waals surface area contributed by atoms with Gasteiger partial charge in [0.1, 0.15) is 0 Å². The summed E-state index contributed by atoms with van der Waals surface area (Å²) in [4.78, 5) is 29.0. The molecule has 10 heteroatoms. The molecule has 0 spiro atoms. The Kier molecular flexibility index (Phi) is 7.42. The van der Waals surface area contributed by atoms with Crippen LogP contribution in [-0.2, 0) is 4.79 Å². The topological polar surface area (TPSA) is 142 Å². The zero-order chi connectivity index (χ0) is 24.4. The van der Waals surface area contributed by atoms with Crippen LogP contribution in [0.1, 0.15) is 41.2 Å². The minimum atomic E-state index is -1.01. The third-order valence-electron chi connectivity index (χ3n) is 6.11. The second-order valence-electron chi connectivity index (χ2n) is 8.63. The zero-order valence-electron chi connectivity index (χ0n) is 19.1. The van der Waals surface area contributed by atoms with Crippen molar-refractivity contribution in [1.82, 2.24) is 15.3 Å². The number of pyridine rings is 1. The highest BCUT2D eigenvalue weighted by Crippen LogP contribution is 2.39. The smallest absolute Gasteiger partial charge is 0.335 e. The lowest BCUT2D eigenvalue weighted by Gasteiger charge is -2.17. The Balaban J connectivity index is 0.00000304. The normalized spacial score (nSPS) is 13.5. The van der Waals surface area contributed by atoms with Crippen molar-refractivity contribution in [2.45, 2.75) is 25.2 Å². The first-order valence-corrected chi connectivity index (χ1v) is 11.7. The molecule has 2 aromatic carbocycles. The molecular formula is C26H24ClN5O4. The number of aromatic nitrogens is 4. The fourth-order valence-corrected chi connectivity index (χ4v) is 4.23. The molecule has 0 saturated heterocycles. The number of hydrogen-bond donors (Lipinski definition) is 3. The third kappa shape index (κ3) is 5.59. The number of rotatable bonds is 8. The van der Waals surface area contributed by atoms with Gasteiger partial charge in [-0.2, -0.15) is 0 Å². The van der Waals surface area contributed by atoms with Gasteiger partial charge < -0.3 is 15.9 Å². The fourth-order valence-electron chi connectivity index (χ4n) is 4.06. The van der Waals surface area contributed by atoms with Crippen molar-refractivity contribution in [2.75, 3.05) is 5.32 Å². The molecule has 4 N–H and O–H groups in total. The van der Waals surface area contributed by atoms with E-state index in [2.05, 4.69) is 20.6 Å². The summed E-state index contributed by atoms with van der Waals surface area (Å²) in [5, 5.41) is 19.5. The van der Waals surface area contributed by atoms with E-state index in [1.807, 2.05) is 36.5 Å². The number of anilines is 1. The standard InChI is InChI=1S/C26H22ClN5O3.H2O/c27-19-6-10-24(32-12-11-29-31-32)21(14-19)18-5-9-23(28-15-18)22(13-16-1-2-16)25(33)30-20-7-3-17(4-8-20)26(34)35;/h3-12,14-16,22H,1-2,13H2,(H2,30,33,34,35);1H2. The van der Waals surface area contributed by atoms with Crippen molar-refractivity contribution < 1.29 is 24.9 Å². The molecule has 1 unspecified atom stereocenters. The van der Waals surface area contributed by atoms with Gasteiger partial charge >= 0.3 is 5.97 Å². The van der Waals surface area contributed by atoms with Crippen molar-refractivity contribution >= 4 is 29.2 Å². The van der Waals surface area contributed by atoms with Crippen LogP contribution in [0.4, 0.5) is 5.69 Å². The molecule has 4 aromatic rings. The highest BCUT2D eigenvalue weighted by molar-refractivity contribution is 6.31. The van der Waals surface area contributed by atoms with Gasteiger partial charge in [0.25, 0.3) is 0 Å². The average molecular weight is 506 g/mol. The molecule has 2 heterocycles. The molecule has 184 valence electrons. The van der Waals surface area contributed by atoms with Gasteiger partial charge in [0.05, 0.1) is 17.2 Å². The number of carbonyl (C=O) groups is 2. The van der Waals surface area contributed by atoms with Crippen LogP contribution in [0.3, 0.4) is 0 Å². The number of carbonyl (C=O) groups excluding carboxylic acids is 1. The summed E-state index contributed by atoms with van der Waals surface area (Å²) in [6, 6.07) is 15.6. The van der Waals surface area contributed by atoms with E-state index >= 15 is 0 Å². The van der Waals surface area contributed by atoms with E-state index in [1.54, 1.807) is 29.2 Å². The van der Waals surface area contributed by atoms with Crippen molar-refractivity contribution in [2.24, 2.45) is 5.92 Å². The molecule has 0 radical (unpaired) electrons. The van der Waals surface area contributed by atoms with Crippen molar-refractivity contribution in [3.63, 3.8) is 0 Å². The van der Waals surface area contributed by atoms with E-state index in [4.69, 9.17) is 16.7 Å². The van der Waals surface area contributed by atoms with Gasteiger partial charge in [-0.3, -0.25) is 9.78 Å². The number of aromatic amines is 1. The second kappa shape index (κ2) is 10.7. The minimum absolute atomic E-state index is 0. The fraction of sp³-hybridized carbons (Fsp3) is 0.192. The largest absolute Gasteiger partial charge is 0.870 e. The highest BCUT2D eigenvalue weighted by Gasteiger charge is 2.31. The number of aromatic carboxylic acids is 1. The minimum Gasteiger partial charge on any atom is -0.870 e. The first kappa shape index (κ1) is 25.0. The van der Waals surface area contributed by atoms with Crippen LogP contribution in [0.2, 0.25) is 5.02 Å². The van der Waals surface area contributed by atoms with Gasteiger partial charge in [-0.25, -0.2) is 4.79 Å². The van der Waals surface area contributed by atoms with Crippen LogP contribution in [0.5, 0.6) is 0 Å². The van der Waals surface area contributed by atoms with Gasteiger partial charge in [-0.15, -0.1) is 4.68 Å². The van der Waals surface area contributed by atoms with Gasteiger partial charge in [0.15, 0.2) is 11.9 Å². The first-order chi connectivity index (χ1) is 17.0. The van der Waals surface area contributed by atoms with E-state index < -0.39 is 11.9 Å². The summed E-state index contributed by atoms with van der Waals surface area (Å²) in [6.45, 7) is 0. The van der Waals surface area contributed by atoms with Crippen LogP contribution >= 0.6 is 11.6 Å². The zero-order valence-corrected chi connectivity index (χ0v) is 19.9. The monoisotopic (exact) mass is 505 g/mol. The third-order valence-corrected chi connectivity index (χ3v) is 6.35. The van der Waals surface area contributed by atoms with Crippen molar-refractivity contribution in [3.8, 4) is 16.8 Å². The first-order valence-electron chi connectivity index (χ1n) is 11.3. The molecule has 9 nitrogen and oxygen atoms in total. The number of hydrogen-bond acceptors (Lipinski definition) is 5. The van der Waals surface area contributed by atoms with Crippen LogP contribution in [-0.4, -0.2) is 37.8 Å². The van der Waals surface area contributed by atoms with Crippen molar-refractivity contribution in [3.05, 3.63) is 89.5 Å². The van der Waals surface area contributed by atoms with Gasteiger partial charge in [0, 0.05) is 33.1 Å². The maximum Gasteiger partial charge on any atom is 0.335 e. The molecule has 1 aliphatic rings. The SMILES string of the molecule is O=C(O)c1ccc(NC(=O)C(CC2CC2)c2ccc(-c3cc(Cl)ccc3-[n+]3ccn[nH]3)cn2)cc1.[OH-]. The van der Waals surface area contributed by atoms with E-state index in [9.17, 15) is 9.59 Å². The lowest BCUT2D eigenvalue weighted by molar-refractivity contribution is -0.658. The van der Waals surface area contributed by atoms with Gasteiger partial charge in [0.2, 0.25) is 12.1 Å². The number of nitrogens with one attached hydrogen (secondary N) is 2. The van der Waals surface area contributed by atoms with E-state index in [0.717, 1.165) is 36.1 Å². The maximum absolute atomic E-state index is 13.2. The van der Waals surface area contributed by atoms with Gasteiger partial charge in [-0.05, 0) is 60.9 Å². The Bertz CT molecular complexity index is 1350. The molecule has 1 amide bonds. The maximum atomic E-state index is 13.2. The van der Waals surface area contributed by atoms with Crippen LogP contribution in [0, 0.1) is 5.92 Å². The molecular weight excluding hydrogens is 482 g/mol. The Hall–Kier alpha value is -4.08. The molecule has 1 atom stereocenters. The lowest BCUT2D eigenvalue weighted by Crippen LogP contribution is -2.32. The number of carboxylic acid groups (broad SMARTS) is 1. The summed E-state index contributed by atoms with van der Waals surface area (Å²) in [6.07, 6.45) is 8.18. The summed E-state index contributed by atoms with van der Waals surface area (Å²) in [5.74, 6) is -1.06. The highest BCUT2D eigenvalue weighted by atomic mass is 35.5. The molecule has 1 saturated carbocycles. The number of amides is 1. The molecule has 1 fully saturated rings. The predicted octanol–water partition coefficient (Wildman–Crippen LogP) is 4.45.